The van der Waals surface area contributed by atoms with Crippen LogP contribution >= 0.6 is 12.4 Å². The summed E-state index contributed by atoms with van der Waals surface area (Å²) in [6.45, 7) is 1.05. The third-order valence-electron chi connectivity index (χ3n) is 5.38. The number of fused-ring (bicyclic) bond motifs is 1. The van der Waals surface area contributed by atoms with Crippen LogP contribution in [0.25, 0.3) is 10.9 Å². The van der Waals surface area contributed by atoms with Crippen molar-refractivity contribution in [3.05, 3.63) is 36.0 Å². The number of aromatic nitrogens is 1. The Bertz CT molecular complexity index is 871. The van der Waals surface area contributed by atoms with Crippen LogP contribution in [0.4, 0.5) is 13.2 Å². The van der Waals surface area contributed by atoms with E-state index < -0.39 is 42.5 Å². The number of carbonyl (C=O) groups excluding carboxylic acids is 1. The molecule has 2 heterocycles. The number of para-hydroxylation sites is 1. The number of aromatic amines is 1. The van der Waals surface area contributed by atoms with Gasteiger partial charge in [0, 0.05) is 36.7 Å². The van der Waals surface area contributed by atoms with E-state index in [-0.39, 0.29) is 19.0 Å². The molecule has 0 spiro atoms. The zero-order valence-electron chi connectivity index (χ0n) is 15.7. The predicted molar refractivity (Wildman–Crippen MR) is 104 cm³/mol. The number of carbonyl (C=O) groups is 2. The number of likely N-dealkylation sites (tertiary alicyclic amines) is 1. The third kappa shape index (κ3) is 5.02. The molecule has 1 saturated heterocycles. The highest BCUT2D eigenvalue weighted by molar-refractivity contribution is 5.85. The molecular weight excluding hydrogens is 411 g/mol. The van der Waals surface area contributed by atoms with Crippen molar-refractivity contribution in [3.63, 3.8) is 0 Å². The van der Waals surface area contributed by atoms with Crippen molar-refractivity contribution >= 4 is 35.2 Å². The first-order chi connectivity index (χ1) is 13.2. The van der Waals surface area contributed by atoms with Crippen LogP contribution in [0, 0.1) is 11.8 Å². The van der Waals surface area contributed by atoms with E-state index in [0.717, 1.165) is 16.5 Å². The number of aliphatic carboxylic acids is 1. The van der Waals surface area contributed by atoms with E-state index in [9.17, 15) is 22.8 Å². The van der Waals surface area contributed by atoms with Crippen molar-refractivity contribution in [1.82, 2.24) is 15.2 Å². The van der Waals surface area contributed by atoms with Gasteiger partial charge in [-0.05, 0) is 25.0 Å². The Kier molecular flexibility index (Phi) is 7.18. The quantitative estimate of drug-likeness (QED) is 0.654. The van der Waals surface area contributed by atoms with E-state index in [0.29, 0.717) is 13.0 Å². The van der Waals surface area contributed by atoms with E-state index in [2.05, 4.69) is 10.3 Å². The minimum atomic E-state index is -4.61. The van der Waals surface area contributed by atoms with Gasteiger partial charge in [0.2, 0.25) is 5.91 Å². The number of H-pyrrole nitrogens is 1. The summed E-state index contributed by atoms with van der Waals surface area (Å²) >= 11 is 0. The normalized spacial score (nSPS) is 21.0. The number of carboxylic acids is 1. The Labute approximate surface area is 171 Å². The van der Waals surface area contributed by atoms with Crippen molar-refractivity contribution < 1.29 is 27.9 Å². The number of benzene rings is 1. The Balaban J connectivity index is 0.00000300. The molecule has 3 N–H and O–H groups in total. The molecular formula is C19H23ClF3N3O3. The lowest BCUT2D eigenvalue weighted by atomic mass is 9.96. The summed E-state index contributed by atoms with van der Waals surface area (Å²) < 4.78 is 39.3. The number of hydrogen-bond acceptors (Lipinski definition) is 3. The fourth-order valence-corrected chi connectivity index (χ4v) is 3.70. The monoisotopic (exact) mass is 433 g/mol. The van der Waals surface area contributed by atoms with Crippen molar-refractivity contribution in [2.24, 2.45) is 11.8 Å². The lowest BCUT2D eigenvalue weighted by molar-refractivity contribution is -0.188. The predicted octanol–water partition coefficient (Wildman–Crippen LogP) is 2.83. The van der Waals surface area contributed by atoms with Crippen molar-refractivity contribution in [2.45, 2.75) is 25.6 Å². The van der Waals surface area contributed by atoms with Crippen LogP contribution in [0.3, 0.4) is 0 Å². The van der Waals surface area contributed by atoms with Crippen LogP contribution in [0.1, 0.15) is 12.5 Å². The zero-order valence-corrected chi connectivity index (χ0v) is 16.5. The summed E-state index contributed by atoms with van der Waals surface area (Å²) in [6, 6.07) is 6.92. The molecule has 1 aliphatic rings. The Morgan fingerprint density at radius 3 is 2.62 bits per heavy atom. The first-order valence-electron chi connectivity index (χ1n) is 9.04. The van der Waals surface area contributed by atoms with Gasteiger partial charge >= 0.3 is 12.1 Å². The van der Waals surface area contributed by atoms with Crippen LogP contribution < -0.4 is 5.32 Å². The summed E-state index contributed by atoms with van der Waals surface area (Å²) in [4.78, 5) is 28.0. The first-order valence-corrected chi connectivity index (χ1v) is 9.04. The van der Waals surface area contributed by atoms with Gasteiger partial charge in [-0.1, -0.05) is 18.2 Å². The molecule has 160 valence electrons. The van der Waals surface area contributed by atoms with Gasteiger partial charge in [0.05, 0.1) is 17.9 Å². The molecule has 6 nitrogen and oxygen atoms in total. The Hall–Kier alpha value is -2.26. The van der Waals surface area contributed by atoms with Gasteiger partial charge in [-0.15, -0.1) is 12.4 Å². The van der Waals surface area contributed by atoms with E-state index in [1.807, 2.05) is 30.5 Å². The van der Waals surface area contributed by atoms with Gasteiger partial charge in [-0.2, -0.15) is 13.2 Å². The third-order valence-corrected chi connectivity index (χ3v) is 5.38. The molecule has 1 aromatic heterocycles. The number of rotatable bonds is 6. The second-order valence-electron chi connectivity index (χ2n) is 7.12. The van der Waals surface area contributed by atoms with Crippen LogP contribution in [0.2, 0.25) is 0 Å². The smallest absolute Gasteiger partial charge is 0.393 e. The molecule has 3 rings (SSSR count). The minimum absolute atomic E-state index is 0. The maximum absolute atomic E-state index is 13.1. The maximum Gasteiger partial charge on any atom is 0.393 e. The molecule has 29 heavy (non-hydrogen) atoms. The fourth-order valence-electron chi connectivity index (χ4n) is 3.70. The summed E-state index contributed by atoms with van der Waals surface area (Å²) in [6.07, 6.45) is -2.17. The largest absolute Gasteiger partial charge is 0.481 e. The molecule has 0 aliphatic carbocycles. The zero-order chi connectivity index (χ0) is 20.5. The van der Waals surface area contributed by atoms with Crippen LogP contribution in [-0.2, 0) is 16.0 Å². The molecule has 1 fully saturated rings. The highest BCUT2D eigenvalue weighted by Gasteiger charge is 2.53. The number of amides is 1. The second-order valence-corrected chi connectivity index (χ2v) is 7.12. The summed E-state index contributed by atoms with van der Waals surface area (Å²) in [7, 11) is 0. The van der Waals surface area contributed by atoms with E-state index >= 15 is 0 Å². The highest BCUT2D eigenvalue weighted by atomic mass is 35.5. The van der Waals surface area contributed by atoms with Gasteiger partial charge in [-0.25, -0.2) is 0 Å². The molecule has 0 saturated carbocycles. The standard InChI is InChI=1S/C19H22F3N3O3.ClH/c1-11(25-9-14(18(27)28)15(10-25)19(20,21)22)17(26)23-7-6-12-8-24-16-5-3-2-4-13(12)16;/h2-5,8,11,14-15,24H,6-7,9-10H2,1H3,(H,23,26)(H,27,28);1H/t11?,14-,15-;/m1./s1. The molecule has 1 aliphatic heterocycles. The molecule has 1 amide bonds. The van der Waals surface area contributed by atoms with E-state index in [1.165, 1.54) is 11.8 Å². The van der Waals surface area contributed by atoms with Gasteiger partial charge in [0.15, 0.2) is 0 Å². The molecule has 0 bridgehead atoms. The number of nitrogens with zero attached hydrogens (tertiary/aromatic N) is 1. The van der Waals surface area contributed by atoms with Gasteiger partial charge < -0.3 is 15.4 Å². The first kappa shape index (κ1) is 23.0. The highest BCUT2D eigenvalue weighted by Crippen LogP contribution is 2.38. The van der Waals surface area contributed by atoms with Crippen LogP contribution in [0.5, 0.6) is 0 Å². The molecule has 2 aromatic rings. The Morgan fingerprint density at radius 1 is 1.31 bits per heavy atom. The van der Waals surface area contributed by atoms with Crippen LogP contribution in [-0.4, -0.2) is 58.7 Å². The Morgan fingerprint density at radius 2 is 2.00 bits per heavy atom. The van der Waals surface area contributed by atoms with Crippen LogP contribution in [0.15, 0.2) is 30.5 Å². The fraction of sp³-hybridized carbons (Fsp3) is 0.474. The maximum atomic E-state index is 13.1. The SMILES string of the molecule is CC(C(=O)NCCc1c[nH]c2ccccc12)N1C[C@@H](C(F)(F)F)[C@H](C(=O)O)C1.Cl. The second kappa shape index (κ2) is 9.04. The van der Waals surface area contributed by atoms with Crippen molar-refractivity contribution in [3.8, 4) is 0 Å². The minimum Gasteiger partial charge on any atom is -0.481 e. The topological polar surface area (TPSA) is 85.4 Å². The van der Waals surface area contributed by atoms with E-state index in [1.54, 1.807) is 0 Å². The number of carboxylic acid groups (broad SMARTS) is 1. The van der Waals surface area contributed by atoms with Gasteiger partial charge in [-0.3, -0.25) is 14.5 Å². The lowest BCUT2D eigenvalue weighted by Crippen LogP contribution is -2.45. The van der Waals surface area contributed by atoms with E-state index in [4.69, 9.17) is 5.11 Å². The molecule has 3 atom stereocenters. The van der Waals surface area contributed by atoms with Crippen molar-refractivity contribution in [1.29, 1.82) is 0 Å². The van der Waals surface area contributed by atoms with Gasteiger partial charge in [0.25, 0.3) is 0 Å². The van der Waals surface area contributed by atoms with Gasteiger partial charge in [0.1, 0.15) is 0 Å². The number of alkyl halides is 3. The summed E-state index contributed by atoms with van der Waals surface area (Å²) in [5.74, 6) is -5.42. The summed E-state index contributed by atoms with van der Waals surface area (Å²) in [5, 5.41) is 12.9. The number of nitrogens with one attached hydrogen (secondary N) is 2. The number of halogens is 4. The van der Waals surface area contributed by atoms with Crippen molar-refractivity contribution in [2.75, 3.05) is 19.6 Å². The molecule has 1 unspecified atom stereocenters. The summed E-state index contributed by atoms with van der Waals surface area (Å²) in [5.41, 5.74) is 2.03. The average molecular weight is 434 g/mol. The molecule has 0 radical (unpaired) electrons. The molecule has 1 aromatic carbocycles. The lowest BCUT2D eigenvalue weighted by Gasteiger charge is -2.23. The molecule has 10 heteroatoms. The average Bonchev–Trinajstić information content (AvgIpc) is 3.25. The number of hydrogen-bond donors (Lipinski definition) is 3.